The molecule has 1 aromatic carbocycles. The number of carbonyl (C=O) groups is 2. The minimum absolute atomic E-state index is 0.0255. The molecule has 0 amide bonds. The highest BCUT2D eigenvalue weighted by Crippen LogP contribution is 2.32. The normalized spacial score (nSPS) is 15.6. The molecule has 7 nitrogen and oxygen atoms in total. The molecule has 0 radical (unpaired) electrons. The van der Waals surface area contributed by atoms with Gasteiger partial charge in [0, 0.05) is 35.7 Å². The summed E-state index contributed by atoms with van der Waals surface area (Å²) < 4.78 is 63.7. The van der Waals surface area contributed by atoms with Crippen LogP contribution in [0.15, 0.2) is 42.6 Å². The summed E-state index contributed by atoms with van der Waals surface area (Å²) in [5.41, 5.74) is -1.53. The molecular weight excluding hydrogens is 530 g/mol. The number of halogens is 5. The van der Waals surface area contributed by atoms with Gasteiger partial charge in [-0.15, -0.1) is 0 Å². The Morgan fingerprint density at radius 2 is 1.74 bits per heavy atom. The molecule has 13 heteroatoms. The Bertz CT molecular complexity index is 1430. The third kappa shape index (κ3) is 5.41. The summed E-state index contributed by atoms with van der Waals surface area (Å²) in [7, 11) is -3.13. The molecule has 0 atom stereocenters. The lowest BCUT2D eigenvalue weighted by Gasteiger charge is -2.25. The van der Waals surface area contributed by atoms with E-state index in [-0.39, 0.29) is 50.8 Å². The van der Waals surface area contributed by atoms with Crippen molar-refractivity contribution in [2.24, 2.45) is 5.92 Å². The maximum atomic E-state index is 13.4. The number of nitrogens with zero attached hydrogens (tertiary/aromatic N) is 3. The second kappa shape index (κ2) is 9.36. The predicted octanol–water partition coefficient (Wildman–Crippen LogP) is 4.64. The summed E-state index contributed by atoms with van der Waals surface area (Å²) in [6, 6.07) is 7.83. The summed E-state index contributed by atoms with van der Waals surface area (Å²) in [6.07, 6.45) is -4.11. The van der Waals surface area contributed by atoms with Gasteiger partial charge in [0.25, 0.3) is 0 Å². The molecule has 0 bridgehead atoms. The SMILES string of the molecule is O=C(CC1CS(=O)(=O)C1)c1cccc(Cl)c1CC(=O)c1cc(C(F)(F)F)nn1-c1ncccc1Cl. The molecule has 35 heavy (non-hydrogen) atoms. The molecule has 0 aliphatic carbocycles. The van der Waals surface area contributed by atoms with Crippen LogP contribution in [0.25, 0.3) is 5.82 Å². The van der Waals surface area contributed by atoms with Crippen LogP contribution >= 0.6 is 23.2 Å². The number of hydrogen-bond acceptors (Lipinski definition) is 6. The van der Waals surface area contributed by atoms with Crippen molar-refractivity contribution in [3.63, 3.8) is 0 Å². The van der Waals surface area contributed by atoms with E-state index >= 15 is 0 Å². The Morgan fingerprint density at radius 3 is 2.37 bits per heavy atom. The molecule has 2 aromatic heterocycles. The number of rotatable bonds is 7. The van der Waals surface area contributed by atoms with Crippen LogP contribution in [0, 0.1) is 5.92 Å². The maximum Gasteiger partial charge on any atom is 0.435 e. The molecule has 3 heterocycles. The summed E-state index contributed by atoms with van der Waals surface area (Å²) in [5, 5.41) is 3.54. The minimum atomic E-state index is -4.84. The van der Waals surface area contributed by atoms with E-state index in [1.807, 2.05) is 0 Å². The van der Waals surface area contributed by atoms with Crippen LogP contribution in [0.5, 0.6) is 0 Å². The van der Waals surface area contributed by atoms with Crippen molar-refractivity contribution in [2.75, 3.05) is 11.5 Å². The third-order valence-electron chi connectivity index (χ3n) is 5.44. The zero-order valence-corrected chi connectivity index (χ0v) is 20.0. The van der Waals surface area contributed by atoms with Gasteiger partial charge in [-0.2, -0.15) is 18.3 Å². The van der Waals surface area contributed by atoms with Crippen molar-refractivity contribution >= 4 is 44.6 Å². The lowest BCUT2D eigenvalue weighted by atomic mass is 9.93. The Kier molecular flexibility index (Phi) is 6.78. The standard InChI is InChI=1S/C22H16Cl2F3N3O4S/c23-15-4-1-3-13(18(31)7-12-10-35(33,34)11-12)14(15)8-19(32)17-9-20(22(25,26)27)29-30(17)21-16(24)5-2-6-28-21/h1-6,9,12H,7-8,10-11H2. The Labute approximate surface area is 207 Å². The van der Waals surface area contributed by atoms with Gasteiger partial charge in [-0.25, -0.2) is 18.1 Å². The van der Waals surface area contributed by atoms with E-state index in [1.165, 1.54) is 36.5 Å². The second-order valence-electron chi connectivity index (χ2n) is 8.07. The van der Waals surface area contributed by atoms with Crippen LogP contribution < -0.4 is 0 Å². The lowest BCUT2D eigenvalue weighted by Crippen LogP contribution is -2.37. The van der Waals surface area contributed by atoms with Gasteiger partial charge in [-0.05, 0) is 29.7 Å². The average molecular weight is 546 g/mol. The fourth-order valence-electron chi connectivity index (χ4n) is 3.82. The molecule has 1 aliphatic heterocycles. The highest BCUT2D eigenvalue weighted by Gasteiger charge is 2.37. The number of sulfone groups is 1. The van der Waals surface area contributed by atoms with Crippen molar-refractivity contribution in [3.05, 3.63) is 75.2 Å². The number of alkyl halides is 3. The summed E-state index contributed by atoms with van der Waals surface area (Å²) in [5.74, 6) is -1.92. The highest BCUT2D eigenvalue weighted by atomic mass is 35.5. The quantitative estimate of drug-likeness (QED) is 0.401. The van der Waals surface area contributed by atoms with Crippen LogP contribution in [0.3, 0.4) is 0 Å². The van der Waals surface area contributed by atoms with Crippen molar-refractivity contribution in [3.8, 4) is 5.82 Å². The lowest BCUT2D eigenvalue weighted by molar-refractivity contribution is -0.141. The number of hydrogen-bond donors (Lipinski definition) is 0. The van der Waals surface area contributed by atoms with Crippen LogP contribution in [-0.2, 0) is 22.4 Å². The van der Waals surface area contributed by atoms with Gasteiger partial charge in [0.1, 0.15) is 5.69 Å². The van der Waals surface area contributed by atoms with Crippen LogP contribution in [0.4, 0.5) is 13.2 Å². The van der Waals surface area contributed by atoms with Gasteiger partial charge in [-0.1, -0.05) is 35.3 Å². The monoisotopic (exact) mass is 545 g/mol. The Hall–Kier alpha value is -2.76. The molecule has 1 saturated heterocycles. The number of ketones is 2. The third-order valence-corrected chi connectivity index (χ3v) is 8.04. The highest BCUT2D eigenvalue weighted by molar-refractivity contribution is 7.92. The number of benzene rings is 1. The number of Topliss-reactive ketones (excluding diaryl/α,β-unsaturated/α-hetero) is 2. The molecule has 0 spiro atoms. The van der Waals surface area contributed by atoms with Gasteiger partial charge >= 0.3 is 6.18 Å². The smallest absolute Gasteiger partial charge is 0.294 e. The van der Waals surface area contributed by atoms with Gasteiger partial charge in [0.05, 0.1) is 16.5 Å². The van der Waals surface area contributed by atoms with Crippen molar-refractivity contribution in [1.29, 1.82) is 0 Å². The number of carbonyl (C=O) groups excluding carboxylic acids is 2. The molecule has 0 saturated carbocycles. The minimum Gasteiger partial charge on any atom is -0.294 e. The van der Waals surface area contributed by atoms with Gasteiger partial charge in [0.15, 0.2) is 32.9 Å². The molecule has 1 aliphatic rings. The van der Waals surface area contributed by atoms with E-state index in [4.69, 9.17) is 23.2 Å². The fourth-order valence-corrected chi connectivity index (χ4v) is 5.84. The maximum absolute atomic E-state index is 13.4. The molecule has 1 fully saturated rings. The first-order valence-corrected chi connectivity index (χ1v) is 12.8. The average Bonchev–Trinajstić information content (AvgIpc) is 3.20. The molecule has 3 aromatic rings. The summed E-state index contributed by atoms with van der Waals surface area (Å²) in [4.78, 5) is 30.0. The molecule has 0 N–H and O–H groups in total. The van der Waals surface area contributed by atoms with E-state index in [1.54, 1.807) is 0 Å². The Balaban J connectivity index is 1.69. The van der Waals surface area contributed by atoms with Crippen LogP contribution in [0.1, 0.15) is 38.5 Å². The van der Waals surface area contributed by atoms with Gasteiger partial charge in [0.2, 0.25) is 0 Å². The largest absolute Gasteiger partial charge is 0.435 e. The first kappa shape index (κ1) is 25.3. The molecule has 184 valence electrons. The second-order valence-corrected chi connectivity index (χ2v) is 11.0. The molecular formula is C22H16Cl2F3N3O4S. The van der Waals surface area contributed by atoms with E-state index in [2.05, 4.69) is 10.1 Å². The zero-order valence-electron chi connectivity index (χ0n) is 17.7. The van der Waals surface area contributed by atoms with Crippen LogP contribution in [0.2, 0.25) is 10.0 Å². The van der Waals surface area contributed by atoms with Crippen molar-refractivity contribution < 1.29 is 31.2 Å². The van der Waals surface area contributed by atoms with Gasteiger partial charge in [-0.3, -0.25) is 9.59 Å². The Morgan fingerprint density at radius 1 is 1.06 bits per heavy atom. The van der Waals surface area contributed by atoms with Gasteiger partial charge < -0.3 is 0 Å². The summed E-state index contributed by atoms with van der Waals surface area (Å²) >= 11 is 12.3. The van der Waals surface area contributed by atoms with Crippen molar-refractivity contribution in [1.82, 2.24) is 14.8 Å². The topological polar surface area (TPSA) is 99.0 Å². The summed E-state index contributed by atoms with van der Waals surface area (Å²) in [6.45, 7) is 0. The molecule has 0 unspecified atom stereocenters. The first-order chi connectivity index (χ1) is 16.4. The van der Waals surface area contributed by atoms with E-state index < -0.39 is 45.4 Å². The predicted molar refractivity (Wildman–Crippen MR) is 122 cm³/mol. The van der Waals surface area contributed by atoms with E-state index in [0.717, 1.165) is 0 Å². The van der Waals surface area contributed by atoms with Crippen LogP contribution in [-0.4, -0.2) is 46.3 Å². The molecule has 4 rings (SSSR count). The zero-order chi connectivity index (χ0) is 25.5. The number of aromatic nitrogens is 3. The van der Waals surface area contributed by atoms with E-state index in [9.17, 15) is 31.2 Å². The fraction of sp³-hybridized carbons (Fsp3) is 0.273. The van der Waals surface area contributed by atoms with E-state index in [0.29, 0.717) is 10.7 Å². The first-order valence-electron chi connectivity index (χ1n) is 10.2. The van der Waals surface area contributed by atoms with Crippen molar-refractivity contribution in [2.45, 2.75) is 19.0 Å². The number of pyridine rings is 1.